The van der Waals surface area contributed by atoms with Crippen molar-refractivity contribution in [2.75, 3.05) is 25.5 Å². The first-order chi connectivity index (χ1) is 14.1. The van der Waals surface area contributed by atoms with Crippen LogP contribution in [0, 0.1) is 5.92 Å². The third-order valence-electron chi connectivity index (χ3n) is 4.94. The number of nitrogens with zero attached hydrogens (tertiary/aromatic N) is 1. The quantitative estimate of drug-likeness (QED) is 0.765. The van der Waals surface area contributed by atoms with Crippen LogP contribution in [0.1, 0.15) is 18.4 Å². The van der Waals surface area contributed by atoms with Crippen LogP contribution in [0.25, 0.3) is 0 Å². The number of sulfonamides is 1. The summed E-state index contributed by atoms with van der Waals surface area (Å²) >= 11 is 0. The second-order valence-electron chi connectivity index (χ2n) is 6.91. The van der Waals surface area contributed by atoms with Gasteiger partial charge in [0.2, 0.25) is 15.9 Å². The number of alkyl halides is 3. The number of hydrogen-bond donors (Lipinski definition) is 1. The molecule has 0 unspecified atom stereocenters. The lowest BCUT2D eigenvalue weighted by atomic mass is 9.98. The van der Waals surface area contributed by atoms with Crippen molar-refractivity contribution in [1.29, 1.82) is 0 Å². The number of para-hydroxylation sites is 1. The van der Waals surface area contributed by atoms with Gasteiger partial charge in [-0.25, -0.2) is 8.42 Å². The summed E-state index contributed by atoms with van der Waals surface area (Å²) < 4.78 is 71.5. The van der Waals surface area contributed by atoms with E-state index in [1.165, 1.54) is 53.9 Å². The minimum Gasteiger partial charge on any atom is -0.497 e. The van der Waals surface area contributed by atoms with Crippen LogP contribution in [-0.2, 0) is 21.0 Å². The Morgan fingerprint density at radius 2 is 1.80 bits per heavy atom. The van der Waals surface area contributed by atoms with E-state index in [0.29, 0.717) is 18.6 Å². The summed E-state index contributed by atoms with van der Waals surface area (Å²) in [5.74, 6) is -0.887. The highest BCUT2D eigenvalue weighted by atomic mass is 32.2. The van der Waals surface area contributed by atoms with Crippen LogP contribution in [0.3, 0.4) is 0 Å². The van der Waals surface area contributed by atoms with E-state index in [-0.39, 0.29) is 23.7 Å². The molecule has 3 rings (SSSR count). The summed E-state index contributed by atoms with van der Waals surface area (Å²) in [6, 6.07) is 10.6. The van der Waals surface area contributed by atoms with Crippen molar-refractivity contribution in [3.63, 3.8) is 0 Å². The van der Waals surface area contributed by atoms with Gasteiger partial charge >= 0.3 is 6.18 Å². The van der Waals surface area contributed by atoms with Gasteiger partial charge < -0.3 is 10.1 Å². The van der Waals surface area contributed by atoms with E-state index in [9.17, 15) is 26.4 Å². The van der Waals surface area contributed by atoms with Crippen LogP contribution in [0.2, 0.25) is 0 Å². The highest BCUT2D eigenvalue weighted by Gasteiger charge is 2.36. The summed E-state index contributed by atoms with van der Waals surface area (Å²) in [7, 11) is -2.37. The predicted molar refractivity (Wildman–Crippen MR) is 105 cm³/mol. The van der Waals surface area contributed by atoms with Gasteiger partial charge in [-0.15, -0.1) is 0 Å². The van der Waals surface area contributed by atoms with Crippen LogP contribution < -0.4 is 10.1 Å². The Morgan fingerprint density at radius 1 is 1.13 bits per heavy atom. The molecule has 0 spiro atoms. The average molecular weight is 442 g/mol. The molecule has 162 valence electrons. The van der Waals surface area contributed by atoms with E-state index in [2.05, 4.69) is 5.32 Å². The number of hydrogen-bond acceptors (Lipinski definition) is 4. The maximum Gasteiger partial charge on any atom is 0.418 e. The normalized spacial score (nSPS) is 18.1. The van der Waals surface area contributed by atoms with Gasteiger partial charge in [0.05, 0.1) is 29.2 Å². The van der Waals surface area contributed by atoms with E-state index < -0.39 is 33.6 Å². The van der Waals surface area contributed by atoms with Crippen molar-refractivity contribution in [1.82, 2.24) is 4.31 Å². The van der Waals surface area contributed by atoms with Crippen molar-refractivity contribution in [2.24, 2.45) is 5.92 Å². The molecule has 0 bridgehead atoms. The molecule has 1 atom stereocenters. The van der Waals surface area contributed by atoms with Gasteiger partial charge in [0.25, 0.3) is 0 Å². The number of carbonyl (C=O) groups excluding carboxylic acids is 1. The predicted octanol–water partition coefficient (Wildman–Crippen LogP) is 3.75. The number of piperidine rings is 1. The molecule has 2 aromatic carbocycles. The Kier molecular flexibility index (Phi) is 6.37. The Morgan fingerprint density at radius 3 is 2.43 bits per heavy atom. The van der Waals surface area contributed by atoms with Crippen LogP contribution >= 0.6 is 0 Å². The molecule has 0 aliphatic carbocycles. The molecule has 1 aliphatic rings. The van der Waals surface area contributed by atoms with Crippen LogP contribution in [0.15, 0.2) is 53.4 Å². The van der Waals surface area contributed by atoms with Gasteiger partial charge in [-0.2, -0.15) is 17.5 Å². The Bertz CT molecular complexity index is 1010. The number of anilines is 1. The van der Waals surface area contributed by atoms with Gasteiger partial charge in [-0.05, 0) is 49.2 Å². The Hall–Kier alpha value is -2.59. The van der Waals surface area contributed by atoms with E-state index in [1.54, 1.807) is 0 Å². The highest BCUT2D eigenvalue weighted by molar-refractivity contribution is 7.89. The summed E-state index contributed by atoms with van der Waals surface area (Å²) in [6.07, 6.45) is -3.80. The molecule has 10 heteroatoms. The minimum absolute atomic E-state index is 0.0618. The zero-order valence-corrected chi connectivity index (χ0v) is 17.0. The molecule has 1 aliphatic heterocycles. The van der Waals surface area contributed by atoms with Crippen LogP contribution in [0.5, 0.6) is 5.75 Å². The van der Waals surface area contributed by atoms with Gasteiger partial charge in [-0.3, -0.25) is 4.79 Å². The van der Waals surface area contributed by atoms with Crippen molar-refractivity contribution >= 4 is 21.6 Å². The second kappa shape index (κ2) is 8.65. The monoisotopic (exact) mass is 442 g/mol. The maximum absolute atomic E-state index is 13.2. The van der Waals surface area contributed by atoms with Crippen molar-refractivity contribution in [2.45, 2.75) is 23.9 Å². The molecular formula is C20H21F3N2O4S. The number of methoxy groups -OCH3 is 1. The van der Waals surface area contributed by atoms with E-state index in [0.717, 1.165) is 6.07 Å². The highest BCUT2D eigenvalue weighted by Crippen LogP contribution is 2.35. The first kappa shape index (κ1) is 22.1. The molecule has 1 saturated heterocycles. The standard InChI is InChI=1S/C20H21F3N2O4S/c1-29-15-8-10-16(11-9-15)30(27,28)25-12-4-5-14(13-25)19(26)24-18-7-3-2-6-17(18)20(21,22)23/h2-3,6-11,14H,4-5,12-13H2,1H3,(H,24,26)/t14-/m1/s1. The van der Waals surface area contributed by atoms with Crippen LogP contribution in [-0.4, -0.2) is 38.8 Å². The molecule has 1 N–H and O–H groups in total. The number of ether oxygens (including phenoxy) is 1. The fourth-order valence-electron chi connectivity index (χ4n) is 3.35. The summed E-state index contributed by atoms with van der Waals surface area (Å²) in [4.78, 5) is 12.7. The number of amides is 1. The molecular weight excluding hydrogens is 421 g/mol. The Balaban J connectivity index is 1.75. The summed E-state index contributed by atoms with van der Waals surface area (Å²) in [5.41, 5.74) is -1.29. The number of benzene rings is 2. The van der Waals surface area contributed by atoms with E-state index in [1.807, 2.05) is 0 Å². The fraction of sp³-hybridized carbons (Fsp3) is 0.350. The van der Waals surface area contributed by atoms with E-state index in [4.69, 9.17) is 4.74 Å². The summed E-state index contributed by atoms with van der Waals surface area (Å²) in [6.45, 7) is 0.131. The molecule has 1 amide bonds. The average Bonchev–Trinajstić information content (AvgIpc) is 2.73. The number of carbonyl (C=O) groups is 1. The molecule has 1 fully saturated rings. The topological polar surface area (TPSA) is 75.7 Å². The number of rotatable bonds is 5. The fourth-order valence-corrected chi connectivity index (χ4v) is 4.87. The number of halogens is 3. The van der Waals surface area contributed by atoms with Gasteiger partial charge in [0, 0.05) is 13.1 Å². The lowest BCUT2D eigenvalue weighted by molar-refractivity contribution is -0.137. The SMILES string of the molecule is COc1ccc(S(=O)(=O)N2CCC[C@@H](C(=O)Nc3ccccc3C(F)(F)F)C2)cc1. The lowest BCUT2D eigenvalue weighted by Gasteiger charge is -2.31. The first-order valence-electron chi connectivity index (χ1n) is 9.24. The van der Waals surface area contributed by atoms with Crippen molar-refractivity contribution < 1.29 is 31.1 Å². The van der Waals surface area contributed by atoms with Gasteiger partial charge in [0.15, 0.2) is 0 Å². The molecule has 0 aromatic heterocycles. The lowest BCUT2D eigenvalue weighted by Crippen LogP contribution is -2.43. The van der Waals surface area contributed by atoms with Gasteiger partial charge in [-0.1, -0.05) is 12.1 Å². The molecule has 0 radical (unpaired) electrons. The third kappa shape index (κ3) is 4.76. The van der Waals surface area contributed by atoms with Crippen LogP contribution in [0.4, 0.5) is 18.9 Å². The molecule has 0 saturated carbocycles. The molecule has 2 aromatic rings. The maximum atomic E-state index is 13.2. The molecule has 1 heterocycles. The van der Waals surface area contributed by atoms with Crippen molar-refractivity contribution in [3.05, 3.63) is 54.1 Å². The zero-order valence-electron chi connectivity index (χ0n) is 16.1. The van der Waals surface area contributed by atoms with E-state index >= 15 is 0 Å². The zero-order chi connectivity index (χ0) is 21.9. The largest absolute Gasteiger partial charge is 0.497 e. The smallest absolute Gasteiger partial charge is 0.418 e. The Labute approximate surface area is 172 Å². The first-order valence-corrected chi connectivity index (χ1v) is 10.7. The minimum atomic E-state index is -4.61. The molecule has 30 heavy (non-hydrogen) atoms. The third-order valence-corrected chi connectivity index (χ3v) is 6.82. The summed E-state index contributed by atoms with van der Waals surface area (Å²) in [5, 5.41) is 2.32. The van der Waals surface area contributed by atoms with Crippen molar-refractivity contribution in [3.8, 4) is 5.75 Å². The van der Waals surface area contributed by atoms with Gasteiger partial charge in [0.1, 0.15) is 5.75 Å². The molecule has 6 nitrogen and oxygen atoms in total. The number of nitrogens with one attached hydrogen (secondary N) is 1. The second-order valence-corrected chi connectivity index (χ2v) is 8.85.